The van der Waals surface area contributed by atoms with E-state index >= 15 is 0 Å². The van der Waals surface area contributed by atoms with Gasteiger partial charge in [0.1, 0.15) is 5.54 Å². The van der Waals surface area contributed by atoms with Crippen LogP contribution in [-0.4, -0.2) is 49.1 Å². The number of carbonyl (C=O) groups is 2. The Morgan fingerprint density at radius 2 is 2.00 bits per heavy atom. The third kappa shape index (κ3) is 2.44. The summed E-state index contributed by atoms with van der Waals surface area (Å²) in [5.41, 5.74) is -0.610. The Morgan fingerprint density at radius 1 is 1.29 bits per heavy atom. The van der Waals surface area contributed by atoms with E-state index in [9.17, 15) is 9.59 Å². The van der Waals surface area contributed by atoms with Gasteiger partial charge in [-0.1, -0.05) is 19.3 Å². The van der Waals surface area contributed by atoms with Gasteiger partial charge in [-0.05, 0) is 12.8 Å². The molecule has 96 valence electrons. The van der Waals surface area contributed by atoms with Gasteiger partial charge in [-0.2, -0.15) is 0 Å². The zero-order valence-corrected chi connectivity index (χ0v) is 10.3. The van der Waals surface area contributed by atoms with Crippen LogP contribution in [-0.2, 0) is 14.3 Å². The molecule has 1 aliphatic carbocycles. The summed E-state index contributed by atoms with van der Waals surface area (Å²) in [5, 5.41) is 2.92. The van der Waals surface area contributed by atoms with E-state index in [1.165, 1.54) is 0 Å². The van der Waals surface area contributed by atoms with E-state index in [2.05, 4.69) is 5.32 Å². The second kappa shape index (κ2) is 5.04. The van der Waals surface area contributed by atoms with Crippen molar-refractivity contribution in [3.8, 4) is 0 Å². The number of rotatable bonds is 3. The molecule has 0 aromatic heterocycles. The molecule has 2 aliphatic rings. The maximum absolute atomic E-state index is 12.4. The molecule has 5 nitrogen and oxygen atoms in total. The largest absolute Gasteiger partial charge is 0.383 e. The minimum Gasteiger partial charge on any atom is -0.383 e. The average molecular weight is 240 g/mol. The van der Waals surface area contributed by atoms with Crippen LogP contribution in [0.2, 0.25) is 0 Å². The van der Waals surface area contributed by atoms with E-state index in [0.717, 1.165) is 32.1 Å². The van der Waals surface area contributed by atoms with Crippen molar-refractivity contribution in [1.82, 2.24) is 10.2 Å². The second-order valence-electron chi connectivity index (χ2n) is 4.91. The Bertz CT molecular complexity index is 311. The molecule has 1 spiro atoms. The molecule has 1 saturated heterocycles. The lowest BCUT2D eigenvalue weighted by atomic mass is 9.79. The summed E-state index contributed by atoms with van der Waals surface area (Å²) in [7, 11) is 1.60. The van der Waals surface area contributed by atoms with Crippen LogP contribution in [0, 0.1) is 0 Å². The van der Waals surface area contributed by atoms with Gasteiger partial charge in [0.15, 0.2) is 0 Å². The number of hydrogen-bond donors (Lipinski definition) is 1. The van der Waals surface area contributed by atoms with Crippen molar-refractivity contribution in [2.45, 2.75) is 37.6 Å². The van der Waals surface area contributed by atoms with Crippen molar-refractivity contribution in [2.75, 3.05) is 26.8 Å². The molecular formula is C12H20N2O3. The van der Waals surface area contributed by atoms with Crippen molar-refractivity contribution in [3.05, 3.63) is 0 Å². The van der Waals surface area contributed by atoms with Crippen molar-refractivity contribution in [1.29, 1.82) is 0 Å². The number of ether oxygens (including phenoxy) is 1. The monoisotopic (exact) mass is 240 g/mol. The summed E-state index contributed by atoms with van der Waals surface area (Å²) < 4.78 is 4.98. The van der Waals surface area contributed by atoms with Crippen LogP contribution in [0.15, 0.2) is 0 Å². The SMILES string of the molecule is COCCN1CC(=O)NC2(CCCCC2)C1=O. The first kappa shape index (κ1) is 12.4. The van der Waals surface area contributed by atoms with Crippen LogP contribution >= 0.6 is 0 Å². The normalized spacial score (nSPS) is 23.9. The highest BCUT2D eigenvalue weighted by atomic mass is 16.5. The highest BCUT2D eigenvalue weighted by Crippen LogP contribution is 2.31. The van der Waals surface area contributed by atoms with E-state index < -0.39 is 5.54 Å². The molecule has 1 heterocycles. The zero-order chi connectivity index (χ0) is 12.3. The van der Waals surface area contributed by atoms with E-state index in [0.29, 0.717) is 13.2 Å². The standard InChI is InChI=1S/C12H20N2O3/c1-17-8-7-14-9-10(15)13-12(11(14)16)5-3-2-4-6-12/h2-9H2,1H3,(H,13,15). The lowest BCUT2D eigenvalue weighted by Gasteiger charge is -2.44. The van der Waals surface area contributed by atoms with Gasteiger partial charge in [0.2, 0.25) is 11.8 Å². The van der Waals surface area contributed by atoms with Gasteiger partial charge in [0.05, 0.1) is 13.2 Å². The zero-order valence-electron chi connectivity index (χ0n) is 10.3. The molecule has 0 aromatic rings. The van der Waals surface area contributed by atoms with Gasteiger partial charge in [0.25, 0.3) is 0 Å². The van der Waals surface area contributed by atoms with Gasteiger partial charge in [-0.15, -0.1) is 0 Å². The summed E-state index contributed by atoms with van der Waals surface area (Å²) in [6, 6.07) is 0. The number of amides is 2. The minimum absolute atomic E-state index is 0.0393. The quantitative estimate of drug-likeness (QED) is 0.771. The molecule has 0 unspecified atom stereocenters. The van der Waals surface area contributed by atoms with Gasteiger partial charge in [-0.25, -0.2) is 0 Å². The molecule has 17 heavy (non-hydrogen) atoms. The van der Waals surface area contributed by atoms with E-state index in [4.69, 9.17) is 4.74 Å². The Labute approximate surface area is 101 Å². The summed E-state index contributed by atoms with van der Waals surface area (Å²) in [4.78, 5) is 25.8. The fourth-order valence-electron chi connectivity index (χ4n) is 2.78. The van der Waals surface area contributed by atoms with Crippen molar-refractivity contribution in [2.24, 2.45) is 0 Å². The Hall–Kier alpha value is -1.10. The maximum atomic E-state index is 12.4. The average Bonchev–Trinajstić information content (AvgIpc) is 2.33. The highest BCUT2D eigenvalue weighted by Gasteiger charge is 2.46. The predicted molar refractivity (Wildman–Crippen MR) is 62.4 cm³/mol. The third-order valence-electron chi connectivity index (χ3n) is 3.68. The summed E-state index contributed by atoms with van der Waals surface area (Å²) in [5.74, 6) is 0.0384. The highest BCUT2D eigenvalue weighted by molar-refractivity contribution is 5.98. The molecular weight excluding hydrogens is 220 g/mol. The third-order valence-corrected chi connectivity index (χ3v) is 3.68. The Morgan fingerprint density at radius 3 is 2.65 bits per heavy atom. The van der Waals surface area contributed by atoms with Gasteiger partial charge in [0, 0.05) is 13.7 Å². The van der Waals surface area contributed by atoms with E-state index in [1.54, 1.807) is 12.0 Å². The summed E-state index contributed by atoms with van der Waals surface area (Å²) in [6.45, 7) is 1.16. The van der Waals surface area contributed by atoms with Crippen LogP contribution in [0.4, 0.5) is 0 Å². The molecule has 0 aromatic carbocycles. The van der Waals surface area contributed by atoms with Gasteiger partial charge < -0.3 is 15.0 Å². The van der Waals surface area contributed by atoms with E-state index in [-0.39, 0.29) is 18.4 Å². The number of methoxy groups -OCH3 is 1. The first-order valence-corrected chi connectivity index (χ1v) is 6.27. The maximum Gasteiger partial charge on any atom is 0.248 e. The van der Waals surface area contributed by atoms with Crippen LogP contribution < -0.4 is 5.32 Å². The number of nitrogens with zero attached hydrogens (tertiary/aromatic N) is 1. The lowest BCUT2D eigenvalue weighted by Crippen LogP contribution is -2.67. The number of nitrogens with one attached hydrogen (secondary N) is 1. The molecule has 2 amide bonds. The second-order valence-corrected chi connectivity index (χ2v) is 4.91. The number of carbonyl (C=O) groups excluding carboxylic acids is 2. The van der Waals surface area contributed by atoms with Crippen molar-refractivity contribution < 1.29 is 14.3 Å². The van der Waals surface area contributed by atoms with Crippen molar-refractivity contribution in [3.63, 3.8) is 0 Å². The Kier molecular flexibility index (Phi) is 3.66. The first-order valence-electron chi connectivity index (χ1n) is 6.27. The Balaban J connectivity index is 2.10. The fraction of sp³-hybridized carbons (Fsp3) is 0.833. The molecule has 1 aliphatic heterocycles. The van der Waals surface area contributed by atoms with Crippen LogP contribution in [0.25, 0.3) is 0 Å². The van der Waals surface area contributed by atoms with Crippen LogP contribution in [0.1, 0.15) is 32.1 Å². The van der Waals surface area contributed by atoms with E-state index in [1.807, 2.05) is 0 Å². The number of piperazine rings is 1. The first-order chi connectivity index (χ1) is 8.18. The molecule has 1 saturated carbocycles. The smallest absolute Gasteiger partial charge is 0.248 e. The molecule has 5 heteroatoms. The summed E-state index contributed by atoms with van der Waals surface area (Å²) in [6.07, 6.45) is 4.75. The molecule has 0 radical (unpaired) electrons. The van der Waals surface area contributed by atoms with Gasteiger partial charge >= 0.3 is 0 Å². The van der Waals surface area contributed by atoms with Crippen molar-refractivity contribution >= 4 is 11.8 Å². The molecule has 1 N–H and O–H groups in total. The van der Waals surface area contributed by atoms with Gasteiger partial charge in [-0.3, -0.25) is 9.59 Å². The predicted octanol–water partition coefficient (Wildman–Crippen LogP) is 0.294. The minimum atomic E-state index is -0.610. The summed E-state index contributed by atoms with van der Waals surface area (Å²) >= 11 is 0. The van der Waals surface area contributed by atoms with Crippen LogP contribution in [0.3, 0.4) is 0 Å². The molecule has 2 rings (SSSR count). The number of hydrogen-bond acceptors (Lipinski definition) is 3. The van der Waals surface area contributed by atoms with Crippen LogP contribution in [0.5, 0.6) is 0 Å². The topological polar surface area (TPSA) is 58.6 Å². The molecule has 2 fully saturated rings. The lowest BCUT2D eigenvalue weighted by molar-refractivity contribution is -0.152. The fourth-order valence-corrected chi connectivity index (χ4v) is 2.78. The molecule has 0 atom stereocenters. The molecule has 0 bridgehead atoms.